The van der Waals surface area contributed by atoms with Crippen LogP contribution >= 0.6 is 12.4 Å². The van der Waals surface area contributed by atoms with Gasteiger partial charge in [-0.1, -0.05) is 13.3 Å². The summed E-state index contributed by atoms with van der Waals surface area (Å²) < 4.78 is 0. The summed E-state index contributed by atoms with van der Waals surface area (Å²) >= 11 is 0. The molecule has 2 fully saturated rings. The normalized spacial score (nSPS) is 35.2. The molecular formula is C15H29ClN2O. The molecule has 2 rings (SSSR count). The molecule has 112 valence electrons. The van der Waals surface area contributed by atoms with E-state index >= 15 is 0 Å². The molecule has 0 aliphatic heterocycles. The van der Waals surface area contributed by atoms with Crippen molar-refractivity contribution in [3.63, 3.8) is 0 Å². The first kappa shape index (κ1) is 16.8. The number of carbonyl (C=O) groups excluding carboxylic acids is 1. The molecule has 3 unspecified atom stereocenters. The number of hydrogen-bond acceptors (Lipinski definition) is 2. The summed E-state index contributed by atoms with van der Waals surface area (Å²) in [6, 6.07) is 0.713. The van der Waals surface area contributed by atoms with Crippen molar-refractivity contribution in [3.05, 3.63) is 0 Å². The van der Waals surface area contributed by atoms with E-state index in [1.54, 1.807) is 0 Å². The van der Waals surface area contributed by atoms with Crippen LogP contribution in [0.25, 0.3) is 0 Å². The summed E-state index contributed by atoms with van der Waals surface area (Å²) in [6.45, 7) is 4.27. The lowest BCUT2D eigenvalue weighted by molar-refractivity contribution is -0.139. The third-order valence-electron chi connectivity index (χ3n) is 5.36. The summed E-state index contributed by atoms with van der Waals surface area (Å²) in [5, 5.41) is 0. The SMILES string of the molecule is CCC(C)N(C)C(=O)C1CC2CCCC(C1)C2N.Cl. The fourth-order valence-corrected chi connectivity index (χ4v) is 3.77. The van der Waals surface area contributed by atoms with E-state index in [1.165, 1.54) is 19.3 Å². The molecule has 2 aliphatic rings. The maximum Gasteiger partial charge on any atom is 0.225 e. The van der Waals surface area contributed by atoms with Gasteiger partial charge in [0.15, 0.2) is 0 Å². The Labute approximate surface area is 123 Å². The van der Waals surface area contributed by atoms with Gasteiger partial charge in [0.2, 0.25) is 5.91 Å². The standard InChI is InChI=1S/C15H28N2O.ClH/c1-4-10(2)17(3)15(18)13-8-11-6-5-7-12(9-13)14(11)16;/h10-14H,4-9,16H2,1-3H3;1H. The van der Waals surface area contributed by atoms with Crippen LogP contribution in [0.1, 0.15) is 52.4 Å². The van der Waals surface area contributed by atoms with Crippen LogP contribution in [0.2, 0.25) is 0 Å². The van der Waals surface area contributed by atoms with Crippen molar-refractivity contribution in [1.82, 2.24) is 4.90 Å². The molecule has 1 amide bonds. The molecule has 3 atom stereocenters. The summed E-state index contributed by atoms with van der Waals surface area (Å²) in [5.41, 5.74) is 6.28. The largest absolute Gasteiger partial charge is 0.343 e. The van der Waals surface area contributed by atoms with Crippen LogP contribution in [0.15, 0.2) is 0 Å². The van der Waals surface area contributed by atoms with Crippen LogP contribution in [0, 0.1) is 17.8 Å². The van der Waals surface area contributed by atoms with E-state index in [1.807, 2.05) is 11.9 Å². The van der Waals surface area contributed by atoms with Crippen molar-refractivity contribution in [3.8, 4) is 0 Å². The van der Waals surface area contributed by atoms with Gasteiger partial charge in [0.05, 0.1) is 0 Å². The summed E-state index contributed by atoms with van der Waals surface area (Å²) in [4.78, 5) is 14.5. The lowest BCUT2D eigenvalue weighted by atomic mass is 9.65. The summed E-state index contributed by atoms with van der Waals surface area (Å²) in [6.07, 6.45) is 6.85. The predicted octanol–water partition coefficient (Wildman–Crippen LogP) is 2.82. The van der Waals surface area contributed by atoms with Gasteiger partial charge in [-0.05, 0) is 50.9 Å². The fraction of sp³-hybridized carbons (Fsp3) is 0.933. The zero-order chi connectivity index (χ0) is 13.3. The Balaban J connectivity index is 0.00000180. The van der Waals surface area contributed by atoms with Crippen molar-refractivity contribution in [2.75, 3.05) is 7.05 Å². The highest BCUT2D eigenvalue weighted by Crippen LogP contribution is 2.42. The monoisotopic (exact) mass is 288 g/mol. The molecule has 4 heteroatoms. The first-order valence-corrected chi connectivity index (χ1v) is 7.56. The second kappa shape index (κ2) is 6.94. The first-order valence-electron chi connectivity index (χ1n) is 7.56. The Morgan fingerprint density at radius 1 is 1.32 bits per heavy atom. The third kappa shape index (κ3) is 3.43. The van der Waals surface area contributed by atoms with Crippen molar-refractivity contribution in [1.29, 1.82) is 0 Å². The highest BCUT2D eigenvalue weighted by molar-refractivity contribution is 5.85. The number of nitrogens with two attached hydrogens (primary N) is 1. The van der Waals surface area contributed by atoms with Crippen LogP contribution in [-0.2, 0) is 4.79 Å². The molecule has 2 N–H and O–H groups in total. The molecule has 0 spiro atoms. The van der Waals surface area contributed by atoms with E-state index in [-0.39, 0.29) is 18.3 Å². The van der Waals surface area contributed by atoms with Gasteiger partial charge in [-0.25, -0.2) is 0 Å². The quantitative estimate of drug-likeness (QED) is 0.868. The van der Waals surface area contributed by atoms with E-state index in [9.17, 15) is 4.79 Å². The average Bonchev–Trinajstić information content (AvgIpc) is 2.35. The Bertz CT molecular complexity index is 297. The summed E-state index contributed by atoms with van der Waals surface area (Å²) in [7, 11) is 1.96. The van der Waals surface area contributed by atoms with Crippen LogP contribution in [-0.4, -0.2) is 29.9 Å². The van der Waals surface area contributed by atoms with Gasteiger partial charge in [-0.15, -0.1) is 12.4 Å². The van der Waals surface area contributed by atoms with E-state index in [2.05, 4.69) is 13.8 Å². The van der Waals surface area contributed by atoms with Crippen molar-refractivity contribution < 1.29 is 4.79 Å². The zero-order valence-electron chi connectivity index (χ0n) is 12.5. The van der Waals surface area contributed by atoms with Gasteiger partial charge < -0.3 is 10.6 Å². The topological polar surface area (TPSA) is 46.3 Å². The van der Waals surface area contributed by atoms with E-state index in [4.69, 9.17) is 5.73 Å². The number of hydrogen-bond donors (Lipinski definition) is 1. The molecular weight excluding hydrogens is 260 g/mol. The Morgan fingerprint density at radius 2 is 1.84 bits per heavy atom. The van der Waals surface area contributed by atoms with Gasteiger partial charge in [0.1, 0.15) is 0 Å². The zero-order valence-corrected chi connectivity index (χ0v) is 13.3. The molecule has 0 saturated heterocycles. The Hall–Kier alpha value is -0.280. The lowest BCUT2D eigenvalue weighted by Gasteiger charge is -2.44. The molecule has 3 nitrogen and oxygen atoms in total. The number of halogens is 1. The van der Waals surface area contributed by atoms with E-state index < -0.39 is 0 Å². The van der Waals surface area contributed by atoms with Crippen LogP contribution in [0.3, 0.4) is 0 Å². The van der Waals surface area contributed by atoms with Gasteiger partial charge in [0, 0.05) is 25.0 Å². The maximum atomic E-state index is 12.5. The minimum Gasteiger partial charge on any atom is -0.343 e. The molecule has 0 heterocycles. The molecule has 0 aromatic carbocycles. The molecule has 2 bridgehead atoms. The number of nitrogens with zero attached hydrogens (tertiary/aromatic N) is 1. The number of fused-ring (bicyclic) bond motifs is 2. The maximum absolute atomic E-state index is 12.5. The minimum atomic E-state index is 0. The molecule has 0 radical (unpaired) electrons. The van der Waals surface area contributed by atoms with Crippen LogP contribution in [0.4, 0.5) is 0 Å². The van der Waals surface area contributed by atoms with E-state index in [0.29, 0.717) is 29.8 Å². The number of carbonyl (C=O) groups is 1. The highest BCUT2D eigenvalue weighted by Gasteiger charge is 2.41. The smallest absolute Gasteiger partial charge is 0.225 e. The molecule has 2 aliphatic carbocycles. The van der Waals surface area contributed by atoms with Crippen LogP contribution < -0.4 is 5.73 Å². The molecule has 0 aromatic rings. The second-order valence-corrected chi connectivity index (χ2v) is 6.40. The van der Waals surface area contributed by atoms with Crippen LogP contribution in [0.5, 0.6) is 0 Å². The Morgan fingerprint density at radius 3 is 2.32 bits per heavy atom. The number of amides is 1. The van der Waals surface area contributed by atoms with E-state index in [0.717, 1.165) is 19.3 Å². The van der Waals surface area contributed by atoms with Gasteiger partial charge >= 0.3 is 0 Å². The minimum absolute atomic E-state index is 0. The second-order valence-electron chi connectivity index (χ2n) is 6.40. The fourth-order valence-electron chi connectivity index (χ4n) is 3.77. The van der Waals surface area contributed by atoms with Gasteiger partial charge in [-0.2, -0.15) is 0 Å². The average molecular weight is 289 g/mol. The third-order valence-corrected chi connectivity index (χ3v) is 5.36. The van der Waals surface area contributed by atoms with Crippen molar-refractivity contribution in [2.45, 2.75) is 64.5 Å². The highest BCUT2D eigenvalue weighted by atomic mass is 35.5. The van der Waals surface area contributed by atoms with Crippen molar-refractivity contribution >= 4 is 18.3 Å². The Kier molecular flexibility index (Phi) is 6.13. The first-order chi connectivity index (χ1) is 8.54. The van der Waals surface area contributed by atoms with Crippen molar-refractivity contribution in [2.24, 2.45) is 23.5 Å². The molecule has 0 aromatic heterocycles. The molecule has 2 saturated carbocycles. The summed E-state index contributed by atoms with van der Waals surface area (Å²) in [5.74, 6) is 1.78. The number of rotatable bonds is 3. The molecule has 19 heavy (non-hydrogen) atoms. The van der Waals surface area contributed by atoms with Gasteiger partial charge in [0.25, 0.3) is 0 Å². The van der Waals surface area contributed by atoms with Gasteiger partial charge in [-0.3, -0.25) is 4.79 Å². The lowest BCUT2D eigenvalue weighted by Crippen LogP contribution is -2.50. The predicted molar refractivity (Wildman–Crippen MR) is 81.3 cm³/mol.